The molecule has 1 aliphatic carbocycles. The van der Waals surface area contributed by atoms with Gasteiger partial charge in [-0.05, 0) is 43.7 Å². The maximum Gasteiger partial charge on any atom is 0.573 e. The number of alkyl halides is 3. The summed E-state index contributed by atoms with van der Waals surface area (Å²) in [6.45, 7) is 4.54. The van der Waals surface area contributed by atoms with E-state index in [9.17, 15) is 13.2 Å². The van der Waals surface area contributed by atoms with Crippen LogP contribution in [-0.4, -0.2) is 42.9 Å². The highest BCUT2D eigenvalue weighted by atomic mass is 19.4. The van der Waals surface area contributed by atoms with Gasteiger partial charge < -0.3 is 15.8 Å². The Labute approximate surface area is 133 Å². The van der Waals surface area contributed by atoms with Gasteiger partial charge in [0.05, 0.1) is 6.54 Å². The Morgan fingerprint density at radius 2 is 2.00 bits per heavy atom. The number of likely N-dealkylation sites (N-methyl/N-ethyl adjacent to an activating group) is 1. The van der Waals surface area contributed by atoms with Crippen LogP contribution in [0.4, 0.5) is 18.9 Å². The number of benzene rings is 1. The quantitative estimate of drug-likeness (QED) is 0.596. The highest BCUT2D eigenvalue weighted by Crippen LogP contribution is 2.26. The number of nitrogens with zero attached hydrogens (tertiary/aromatic N) is 2. The Balaban J connectivity index is 1.79. The second-order valence-electron chi connectivity index (χ2n) is 5.32. The van der Waals surface area contributed by atoms with E-state index in [4.69, 9.17) is 5.73 Å². The Bertz CT molecular complexity index is 527. The molecule has 3 N–H and O–H groups in total. The third kappa shape index (κ3) is 6.35. The van der Waals surface area contributed by atoms with Gasteiger partial charge in [-0.3, -0.25) is 9.89 Å². The van der Waals surface area contributed by atoms with Gasteiger partial charge in [-0.15, -0.1) is 13.2 Å². The molecule has 2 rings (SSSR count). The molecule has 1 fully saturated rings. The smallest absolute Gasteiger partial charge is 0.406 e. The number of hydrogen-bond donors (Lipinski definition) is 2. The van der Waals surface area contributed by atoms with Crippen LogP contribution in [0.1, 0.15) is 19.8 Å². The first-order valence-corrected chi connectivity index (χ1v) is 7.54. The Morgan fingerprint density at radius 3 is 2.52 bits per heavy atom. The Morgan fingerprint density at radius 1 is 1.35 bits per heavy atom. The molecule has 0 radical (unpaired) electrons. The molecule has 1 aromatic rings. The maximum atomic E-state index is 12.1. The molecule has 0 heterocycles. The molecule has 0 atom stereocenters. The van der Waals surface area contributed by atoms with Crippen molar-refractivity contribution in [2.24, 2.45) is 10.7 Å². The van der Waals surface area contributed by atoms with Crippen LogP contribution in [0.15, 0.2) is 29.3 Å². The van der Waals surface area contributed by atoms with E-state index in [1.54, 1.807) is 0 Å². The Hall–Kier alpha value is -1.96. The molecule has 8 heteroatoms. The maximum absolute atomic E-state index is 12.1. The normalized spacial score (nSPS) is 15.8. The molecule has 0 aromatic heterocycles. The van der Waals surface area contributed by atoms with Crippen molar-refractivity contribution < 1.29 is 17.9 Å². The molecule has 23 heavy (non-hydrogen) atoms. The van der Waals surface area contributed by atoms with Crippen molar-refractivity contribution in [2.45, 2.75) is 32.2 Å². The fraction of sp³-hybridized carbons (Fsp3) is 0.533. The summed E-state index contributed by atoms with van der Waals surface area (Å²) in [7, 11) is 0. The minimum absolute atomic E-state index is 0.237. The van der Waals surface area contributed by atoms with Crippen molar-refractivity contribution in [1.29, 1.82) is 0 Å². The zero-order valence-electron chi connectivity index (χ0n) is 12.9. The molecule has 0 unspecified atom stereocenters. The number of guanidine groups is 1. The van der Waals surface area contributed by atoms with Gasteiger partial charge in [0.15, 0.2) is 5.96 Å². The number of ether oxygens (including phenoxy) is 1. The van der Waals surface area contributed by atoms with E-state index in [1.165, 1.54) is 37.1 Å². The average Bonchev–Trinajstić information content (AvgIpc) is 3.29. The number of anilines is 1. The first-order valence-electron chi connectivity index (χ1n) is 7.54. The third-order valence-electron chi connectivity index (χ3n) is 3.50. The summed E-state index contributed by atoms with van der Waals surface area (Å²) in [5.41, 5.74) is 6.33. The number of nitrogens with two attached hydrogens (primary N) is 1. The fourth-order valence-corrected chi connectivity index (χ4v) is 2.26. The molecule has 1 aromatic carbocycles. The van der Waals surface area contributed by atoms with E-state index in [-0.39, 0.29) is 11.7 Å². The monoisotopic (exact) mass is 330 g/mol. The van der Waals surface area contributed by atoms with Gasteiger partial charge in [0.2, 0.25) is 0 Å². The lowest BCUT2D eigenvalue weighted by molar-refractivity contribution is -0.274. The summed E-state index contributed by atoms with van der Waals surface area (Å²) in [5, 5.41) is 2.84. The van der Waals surface area contributed by atoms with E-state index in [0.29, 0.717) is 18.3 Å². The summed E-state index contributed by atoms with van der Waals surface area (Å²) in [6, 6.07) is 6.02. The molecule has 0 bridgehead atoms. The standard InChI is InChI=1S/C15H21F3N4O/c1-2-22(12-5-6-12)10-9-20-14(19)21-11-3-7-13(8-4-11)23-15(16,17)18/h3-4,7-8,12H,2,5-6,9-10H2,1H3,(H3,19,20,21). The van der Waals surface area contributed by atoms with E-state index >= 15 is 0 Å². The summed E-state index contributed by atoms with van der Waals surface area (Å²) in [4.78, 5) is 6.59. The molecule has 1 saturated carbocycles. The van der Waals surface area contributed by atoms with Gasteiger partial charge in [-0.25, -0.2) is 0 Å². The second-order valence-corrected chi connectivity index (χ2v) is 5.32. The lowest BCUT2D eigenvalue weighted by Gasteiger charge is -2.18. The third-order valence-corrected chi connectivity index (χ3v) is 3.50. The summed E-state index contributed by atoms with van der Waals surface area (Å²) in [5.74, 6) is -0.0390. The fourth-order valence-electron chi connectivity index (χ4n) is 2.26. The zero-order valence-corrected chi connectivity index (χ0v) is 12.9. The predicted octanol–water partition coefficient (Wildman–Crippen LogP) is 2.80. The van der Waals surface area contributed by atoms with Gasteiger partial charge in [-0.1, -0.05) is 6.92 Å². The number of aliphatic imine (C=N–C) groups is 1. The van der Waals surface area contributed by atoms with E-state index in [0.717, 1.165) is 13.1 Å². The van der Waals surface area contributed by atoms with Gasteiger partial charge in [0, 0.05) is 18.3 Å². The lowest BCUT2D eigenvalue weighted by Crippen LogP contribution is -2.30. The second kappa shape index (κ2) is 7.54. The van der Waals surface area contributed by atoms with Crippen molar-refractivity contribution >= 4 is 11.6 Å². The summed E-state index contributed by atoms with van der Waals surface area (Å²) >= 11 is 0. The molecule has 1 aliphatic rings. The summed E-state index contributed by atoms with van der Waals surface area (Å²) in [6.07, 6.45) is -2.20. The van der Waals surface area contributed by atoms with Crippen LogP contribution in [-0.2, 0) is 0 Å². The van der Waals surface area contributed by atoms with Crippen LogP contribution in [0.5, 0.6) is 5.75 Å². The van der Waals surface area contributed by atoms with Crippen molar-refractivity contribution in [2.75, 3.05) is 25.0 Å². The molecule has 0 saturated heterocycles. The predicted molar refractivity (Wildman–Crippen MR) is 83.5 cm³/mol. The SMILES string of the molecule is CCN(CCN=C(N)Nc1ccc(OC(F)(F)F)cc1)C1CC1. The molecular weight excluding hydrogens is 309 g/mol. The van der Waals surface area contributed by atoms with Crippen molar-refractivity contribution in [3.8, 4) is 5.75 Å². The largest absolute Gasteiger partial charge is 0.573 e. The molecule has 128 valence electrons. The molecular formula is C15H21F3N4O. The van der Waals surface area contributed by atoms with Crippen LogP contribution in [0, 0.1) is 0 Å². The first-order chi connectivity index (χ1) is 10.9. The molecule has 0 amide bonds. The van der Waals surface area contributed by atoms with E-state index in [1.807, 2.05) is 0 Å². The highest BCUT2D eigenvalue weighted by molar-refractivity contribution is 5.92. The Kier molecular flexibility index (Phi) is 5.70. The lowest BCUT2D eigenvalue weighted by atomic mass is 10.3. The summed E-state index contributed by atoms with van der Waals surface area (Å²) < 4.78 is 40.0. The van der Waals surface area contributed by atoms with Crippen LogP contribution in [0.2, 0.25) is 0 Å². The van der Waals surface area contributed by atoms with Gasteiger partial charge in [0.1, 0.15) is 5.75 Å². The van der Waals surface area contributed by atoms with Gasteiger partial charge >= 0.3 is 6.36 Å². The number of nitrogens with one attached hydrogen (secondary N) is 1. The van der Waals surface area contributed by atoms with Crippen LogP contribution in [0.3, 0.4) is 0 Å². The van der Waals surface area contributed by atoms with Crippen LogP contribution in [0.25, 0.3) is 0 Å². The molecule has 0 aliphatic heterocycles. The number of halogens is 3. The van der Waals surface area contributed by atoms with Crippen molar-refractivity contribution in [1.82, 2.24) is 4.90 Å². The number of hydrogen-bond acceptors (Lipinski definition) is 3. The molecule has 0 spiro atoms. The minimum Gasteiger partial charge on any atom is -0.406 e. The zero-order chi connectivity index (χ0) is 16.9. The highest BCUT2D eigenvalue weighted by Gasteiger charge is 2.31. The average molecular weight is 330 g/mol. The number of rotatable bonds is 7. The van der Waals surface area contributed by atoms with Crippen molar-refractivity contribution in [3.63, 3.8) is 0 Å². The van der Waals surface area contributed by atoms with Crippen LogP contribution < -0.4 is 15.8 Å². The topological polar surface area (TPSA) is 62.9 Å². The van der Waals surface area contributed by atoms with Gasteiger partial charge in [0.25, 0.3) is 0 Å². The van der Waals surface area contributed by atoms with Crippen LogP contribution >= 0.6 is 0 Å². The van der Waals surface area contributed by atoms with Crippen molar-refractivity contribution in [3.05, 3.63) is 24.3 Å². The van der Waals surface area contributed by atoms with Gasteiger partial charge in [-0.2, -0.15) is 0 Å². The van der Waals surface area contributed by atoms with E-state index in [2.05, 4.69) is 26.9 Å². The molecule has 5 nitrogen and oxygen atoms in total. The minimum atomic E-state index is -4.69. The first kappa shape index (κ1) is 17.4. The van der Waals surface area contributed by atoms with E-state index < -0.39 is 6.36 Å².